The quantitative estimate of drug-likeness (QED) is 0.676. The van der Waals surface area contributed by atoms with Gasteiger partial charge in [-0.25, -0.2) is 9.59 Å². The van der Waals surface area contributed by atoms with E-state index < -0.39 is 18.0 Å². The van der Waals surface area contributed by atoms with Gasteiger partial charge in [-0.05, 0) is 26.2 Å². The van der Waals surface area contributed by atoms with Crippen molar-refractivity contribution in [3.8, 4) is 0 Å². The number of carbonyl (C=O) groups is 3. The van der Waals surface area contributed by atoms with Gasteiger partial charge < -0.3 is 24.9 Å². The monoisotopic (exact) mass is 409 g/mol. The molecule has 8 nitrogen and oxygen atoms in total. The molecule has 4 atom stereocenters. The Morgan fingerprint density at radius 1 is 1.14 bits per heavy atom. The van der Waals surface area contributed by atoms with E-state index in [0.29, 0.717) is 13.1 Å². The zero-order valence-corrected chi connectivity index (χ0v) is 17.0. The number of thioether (sulfide) groups is 1. The van der Waals surface area contributed by atoms with Crippen LogP contribution in [0.2, 0.25) is 0 Å². The molecule has 3 fully saturated rings. The molecule has 0 saturated carbocycles. The van der Waals surface area contributed by atoms with Gasteiger partial charge in [-0.1, -0.05) is 6.92 Å². The Labute approximate surface area is 168 Å². The summed E-state index contributed by atoms with van der Waals surface area (Å²) in [6.45, 7) is 6.58. The number of piperidine rings is 1. The molecule has 0 aromatic rings. The van der Waals surface area contributed by atoms with Crippen LogP contribution in [0, 0.1) is 11.8 Å². The third-order valence-electron chi connectivity index (χ3n) is 6.44. The van der Waals surface area contributed by atoms with Crippen LogP contribution in [0.1, 0.15) is 33.1 Å². The number of likely N-dealkylation sites (tertiary alicyclic amines) is 2. The number of fused-ring (bicyclic) bond motifs is 1. The molecular formula is C19H27N3O5S. The average Bonchev–Trinajstić information content (AvgIpc) is 2.83. The summed E-state index contributed by atoms with van der Waals surface area (Å²) in [4.78, 5) is 42.5. The number of aliphatic hydroxyl groups is 1. The fraction of sp³-hybridized carbons (Fsp3) is 0.737. The third kappa shape index (κ3) is 2.99. The molecule has 3 saturated heterocycles. The van der Waals surface area contributed by atoms with Gasteiger partial charge >= 0.3 is 12.0 Å². The molecule has 4 unspecified atom stereocenters. The maximum Gasteiger partial charge on any atom is 0.353 e. The molecular weight excluding hydrogens is 382 g/mol. The second-order valence-electron chi connectivity index (χ2n) is 8.20. The van der Waals surface area contributed by atoms with Crippen molar-refractivity contribution >= 4 is 29.7 Å². The lowest BCUT2D eigenvalue weighted by molar-refractivity contribution is -0.163. The predicted octanol–water partition coefficient (Wildman–Crippen LogP) is 1.16. The van der Waals surface area contributed by atoms with E-state index in [2.05, 4.69) is 0 Å². The number of hydrogen-bond donors (Lipinski definition) is 2. The summed E-state index contributed by atoms with van der Waals surface area (Å²) in [6.07, 6.45) is 1.91. The largest absolute Gasteiger partial charge is 0.477 e. The van der Waals surface area contributed by atoms with E-state index in [-0.39, 0.29) is 34.8 Å². The lowest BCUT2D eigenvalue weighted by atomic mass is 9.79. The predicted molar refractivity (Wildman–Crippen MR) is 103 cm³/mol. The lowest BCUT2D eigenvalue weighted by Crippen LogP contribution is -2.63. The van der Waals surface area contributed by atoms with Gasteiger partial charge in [-0.15, -0.1) is 11.8 Å². The minimum absolute atomic E-state index is 0.0866. The molecule has 4 aliphatic rings. The van der Waals surface area contributed by atoms with Crippen molar-refractivity contribution in [1.82, 2.24) is 14.7 Å². The van der Waals surface area contributed by atoms with Gasteiger partial charge in [0.25, 0.3) is 0 Å². The zero-order chi connectivity index (χ0) is 20.2. The van der Waals surface area contributed by atoms with Crippen molar-refractivity contribution in [3.05, 3.63) is 10.6 Å². The first kappa shape index (κ1) is 19.6. The Bertz CT molecular complexity index is 727. The molecule has 0 radical (unpaired) electrons. The highest BCUT2D eigenvalue weighted by Crippen LogP contribution is 2.52. The number of nitrogens with zero attached hydrogens (tertiary/aromatic N) is 3. The normalized spacial score (nSPS) is 31.5. The number of urea groups is 1. The van der Waals surface area contributed by atoms with Crippen LogP contribution in [0.25, 0.3) is 0 Å². The van der Waals surface area contributed by atoms with Gasteiger partial charge in [0.2, 0.25) is 5.91 Å². The molecule has 154 valence electrons. The van der Waals surface area contributed by atoms with Crippen LogP contribution < -0.4 is 0 Å². The van der Waals surface area contributed by atoms with E-state index in [1.165, 1.54) is 4.90 Å². The zero-order valence-electron chi connectivity index (χ0n) is 16.2. The molecule has 0 aromatic carbocycles. The number of rotatable bonds is 4. The Balaban J connectivity index is 1.43. The minimum Gasteiger partial charge on any atom is -0.477 e. The van der Waals surface area contributed by atoms with Gasteiger partial charge in [-0.3, -0.25) is 4.79 Å². The van der Waals surface area contributed by atoms with Crippen LogP contribution in [0.15, 0.2) is 10.6 Å². The van der Waals surface area contributed by atoms with Gasteiger partial charge in [0.1, 0.15) is 5.70 Å². The molecule has 4 heterocycles. The van der Waals surface area contributed by atoms with E-state index in [1.54, 1.807) is 18.7 Å². The smallest absolute Gasteiger partial charge is 0.353 e. The highest BCUT2D eigenvalue weighted by molar-refractivity contribution is 8.03. The maximum absolute atomic E-state index is 12.4. The minimum atomic E-state index is -1.08. The number of aliphatic carboxylic acids is 1. The molecule has 4 aliphatic heterocycles. The summed E-state index contributed by atoms with van der Waals surface area (Å²) in [6, 6.07) is -0.155. The first-order chi connectivity index (χ1) is 13.3. The topological polar surface area (TPSA) is 101 Å². The number of hydrogen-bond acceptors (Lipinski definition) is 5. The molecule has 0 aromatic heterocycles. The third-order valence-corrected chi connectivity index (χ3v) is 8.07. The standard InChI is InChI=1S/C19H27N3O5S/c1-10-14-13(11(2)23)17(24)22(14)15(18(25)26)16(10)28-12-4-8-21(9-5-12)19(27)20-6-3-7-20/h10-14,23H,3-9H2,1-2H3,(H,25,26). The first-order valence-electron chi connectivity index (χ1n) is 10.0. The van der Waals surface area contributed by atoms with Crippen LogP contribution in [-0.2, 0) is 9.59 Å². The Kier molecular flexibility index (Phi) is 5.07. The van der Waals surface area contributed by atoms with Gasteiger partial charge in [0.15, 0.2) is 0 Å². The number of carboxylic acid groups (broad SMARTS) is 1. The van der Waals surface area contributed by atoms with Crippen LogP contribution in [0.3, 0.4) is 0 Å². The van der Waals surface area contributed by atoms with Gasteiger partial charge in [0, 0.05) is 42.3 Å². The number of carbonyl (C=O) groups excluding carboxylic acids is 2. The first-order valence-corrected chi connectivity index (χ1v) is 10.9. The van der Waals surface area contributed by atoms with Crippen molar-refractivity contribution < 1.29 is 24.6 Å². The summed E-state index contributed by atoms with van der Waals surface area (Å²) in [5.41, 5.74) is 0.0866. The molecule has 0 spiro atoms. The second kappa shape index (κ2) is 7.26. The number of β-lactam (4-membered cyclic amide) rings is 1. The summed E-state index contributed by atoms with van der Waals surface area (Å²) in [5, 5.41) is 19.9. The fourth-order valence-corrected chi connectivity index (χ4v) is 6.19. The van der Waals surface area contributed by atoms with Crippen molar-refractivity contribution in [3.63, 3.8) is 0 Å². The molecule has 0 aliphatic carbocycles. The van der Waals surface area contributed by atoms with E-state index in [0.717, 1.165) is 37.3 Å². The van der Waals surface area contributed by atoms with E-state index in [4.69, 9.17) is 0 Å². The van der Waals surface area contributed by atoms with E-state index in [9.17, 15) is 24.6 Å². The van der Waals surface area contributed by atoms with Crippen LogP contribution in [0.5, 0.6) is 0 Å². The highest BCUT2D eigenvalue weighted by Gasteiger charge is 2.60. The molecule has 3 amide bonds. The Morgan fingerprint density at radius 2 is 1.75 bits per heavy atom. The molecule has 9 heteroatoms. The summed E-state index contributed by atoms with van der Waals surface area (Å²) >= 11 is 1.55. The Hall–Kier alpha value is -1.74. The van der Waals surface area contributed by atoms with Crippen molar-refractivity contribution in [2.75, 3.05) is 26.2 Å². The lowest BCUT2D eigenvalue weighted by Gasteiger charge is -2.46. The molecule has 0 bridgehead atoms. The summed E-state index contributed by atoms with van der Waals surface area (Å²) in [7, 11) is 0. The molecule has 4 rings (SSSR count). The van der Waals surface area contributed by atoms with Crippen molar-refractivity contribution in [1.29, 1.82) is 0 Å². The van der Waals surface area contributed by atoms with Crippen LogP contribution in [0.4, 0.5) is 4.79 Å². The highest BCUT2D eigenvalue weighted by atomic mass is 32.2. The van der Waals surface area contributed by atoms with Crippen LogP contribution in [-0.4, -0.2) is 86.4 Å². The fourth-order valence-electron chi connectivity index (χ4n) is 4.73. The molecule has 28 heavy (non-hydrogen) atoms. The maximum atomic E-state index is 12.4. The second-order valence-corrected chi connectivity index (χ2v) is 9.54. The van der Waals surface area contributed by atoms with Crippen molar-refractivity contribution in [2.45, 2.75) is 50.5 Å². The number of amides is 3. The van der Waals surface area contributed by atoms with E-state index in [1.807, 2.05) is 16.7 Å². The van der Waals surface area contributed by atoms with Gasteiger partial charge in [0.05, 0.1) is 18.1 Å². The van der Waals surface area contributed by atoms with Gasteiger partial charge in [-0.2, -0.15) is 0 Å². The Morgan fingerprint density at radius 3 is 2.25 bits per heavy atom. The summed E-state index contributed by atoms with van der Waals surface area (Å²) in [5.74, 6) is -2.01. The summed E-state index contributed by atoms with van der Waals surface area (Å²) < 4.78 is 0. The SMILES string of the molecule is CC(O)C1C(=O)N2C(C(=O)O)=C(SC3CCN(C(=O)N4CCC4)CC3)C(C)C12. The number of carboxylic acids is 1. The molecule has 2 N–H and O–H groups in total. The van der Waals surface area contributed by atoms with Crippen molar-refractivity contribution in [2.24, 2.45) is 11.8 Å². The number of aliphatic hydroxyl groups excluding tert-OH is 1. The average molecular weight is 410 g/mol. The van der Waals surface area contributed by atoms with E-state index >= 15 is 0 Å². The van der Waals surface area contributed by atoms with Crippen LogP contribution >= 0.6 is 11.8 Å².